The van der Waals surface area contributed by atoms with Crippen LogP contribution < -0.4 is 0 Å². The summed E-state index contributed by atoms with van der Waals surface area (Å²) < 4.78 is 0. The smallest absolute Gasteiger partial charge is 0.363 e. The van der Waals surface area contributed by atoms with Crippen molar-refractivity contribution in [1.82, 2.24) is 14.9 Å². The minimum Gasteiger partial charge on any atom is -0.478 e. The van der Waals surface area contributed by atoms with Crippen LogP contribution in [-0.4, -0.2) is 81.7 Å². The maximum absolute atomic E-state index is 12.8. The van der Waals surface area contributed by atoms with Gasteiger partial charge in [0.1, 0.15) is 0 Å². The molecule has 0 atom stereocenters. The van der Waals surface area contributed by atoms with Crippen LogP contribution in [0.4, 0.5) is 0 Å². The third-order valence-electron chi connectivity index (χ3n) is 6.86. The first-order valence-corrected chi connectivity index (χ1v) is 15.5. The molecule has 11 heteroatoms. The molecule has 1 aliphatic rings. The molecule has 0 saturated carbocycles. The van der Waals surface area contributed by atoms with Crippen LogP contribution in [0.2, 0.25) is 0 Å². The van der Waals surface area contributed by atoms with E-state index in [4.69, 9.17) is 9.94 Å². The lowest BCUT2D eigenvalue weighted by Crippen LogP contribution is -2.33. The van der Waals surface area contributed by atoms with Gasteiger partial charge < -0.3 is 19.7 Å². The van der Waals surface area contributed by atoms with Crippen molar-refractivity contribution < 1.29 is 38.7 Å². The normalized spacial score (nSPS) is 12.4. The summed E-state index contributed by atoms with van der Waals surface area (Å²) in [6, 6.07) is 9.49. The van der Waals surface area contributed by atoms with Crippen molar-refractivity contribution in [3.63, 3.8) is 0 Å². The number of rotatable bonds is 13. The van der Waals surface area contributed by atoms with Crippen LogP contribution in [0.25, 0.3) is 0 Å². The SMILES string of the molecule is CCCN(CCC)C(=O)c1cc(C)cc(C(=O)O)c1.CCCN(CCC)C(=O)c1cc(C)cc(C(=O)ON2C(=O)CCC2=O)c1. The number of nitrogens with zero attached hydrogens (tertiary/aromatic N) is 3. The molecule has 0 unspecified atom stereocenters. The third-order valence-corrected chi connectivity index (χ3v) is 6.86. The first-order chi connectivity index (χ1) is 21.4. The number of aryl methyl sites for hydroxylation is 2. The van der Waals surface area contributed by atoms with Gasteiger partial charge in [-0.2, -0.15) is 0 Å². The van der Waals surface area contributed by atoms with E-state index in [9.17, 15) is 28.8 Å². The molecule has 0 aliphatic carbocycles. The van der Waals surface area contributed by atoms with Gasteiger partial charge in [0.05, 0.1) is 11.1 Å². The molecule has 11 nitrogen and oxygen atoms in total. The average Bonchev–Trinajstić information content (AvgIpc) is 3.31. The molecule has 1 fully saturated rings. The fraction of sp³-hybridized carbons (Fsp3) is 0.471. The predicted molar refractivity (Wildman–Crippen MR) is 169 cm³/mol. The van der Waals surface area contributed by atoms with Crippen molar-refractivity contribution in [3.8, 4) is 0 Å². The number of hydroxylamine groups is 2. The molecule has 2 aromatic rings. The zero-order chi connectivity index (χ0) is 33.7. The van der Waals surface area contributed by atoms with Crippen molar-refractivity contribution in [3.05, 3.63) is 69.8 Å². The Kier molecular flexibility index (Phi) is 14.4. The van der Waals surface area contributed by atoms with E-state index in [1.165, 1.54) is 12.1 Å². The van der Waals surface area contributed by atoms with Gasteiger partial charge in [0.2, 0.25) is 0 Å². The molecule has 4 amide bonds. The topological polar surface area (TPSA) is 142 Å². The molecular formula is C34H45N3O8. The minimum absolute atomic E-state index is 0.0344. The van der Waals surface area contributed by atoms with E-state index in [2.05, 4.69) is 0 Å². The van der Waals surface area contributed by atoms with E-state index in [1.807, 2.05) is 27.7 Å². The maximum Gasteiger partial charge on any atom is 0.363 e. The zero-order valence-corrected chi connectivity index (χ0v) is 27.2. The van der Waals surface area contributed by atoms with Crippen molar-refractivity contribution in [2.45, 2.75) is 80.1 Å². The standard InChI is InChI=1S/C19H24N2O5.C15H21NO3/c1-4-8-20(9-5-2)18(24)14-10-13(3)11-15(12-14)19(25)26-21-16(22)6-7-17(21)23;1-4-6-16(7-5-2)14(17)12-8-11(3)9-13(10-12)15(18)19/h10-12H,4-9H2,1-3H3;8-10H,4-7H2,1-3H3,(H,18,19). The van der Waals surface area contributed by atoms with Crippen molar-refractivity contribution in [2.75, 3.05) is 26.2 Å². The van der Waals surface area contributed by atoms with Crippen LogP contribution in [0.5, 0.6) is 0 Å². The maximum atomic E-state index is 12.8. The van der Waals surface area contributed by atoms with Gasteiger partial charge in [0.25, 0.3) is 23.6 Å². The molecule has 0 bridgehead atoms. The van der Waals surface area contributed by atoms with Crippen molar-refractivity contribution >= 4 is 35.6 Å². The number of hydrogen-bond donors (Lipinski definition) is 1. The second-order valence-electron chi connectivity index (χ2n) is 11.0. The fourth-order valence-electron chi connectivity index (χ4n) is 4.92. The van der Waals surface area contributed by atoms with Gasteiger partial charge in [0.15, 0.2) is 0 Å². The van der Waals surface area contributed by atoms with Gasteiger partial charge in [-0.05, 0) is 87.1 Å². The lowest BCUT2D eigenvalue weighted by atomic mass is 10.1. The molecule has 0 spiro atoms. The number of carbonyl (C=O) groups is 6. The first kappa shape index (κ1) is 36.7. The quantitative estimate of drug-likeness (QED) is 0.291. The predicted octanol–water partition coefficient (Wildman–Crippen LogP) is 5.43. The number of hydrogen-bond acceptors (Lipinski definition) is 7. The summed E-state index contributed by atoms with van der Waals surface area (Å²) in [5, 5.41) is 9.54. The van der Waals surface area contributed by atoms with Crippen LogP contribution >= 0.6 is 0 Å². The Morgan fingerprint density at radius 1 is 0.644 bits per heavy atom. The Morgan fingerprint density at radius 3 is 1.38 bits per heavy atom. The minimum atomic E-state index is -1.00. The highest BCUT2D eigenvalue weighted by molar-refractivity contribution is 6.03. The molecule has 1 N–H and O–H groups in total. The molecule has 1 saturated heterocycles. The van der Waals surface area contributed by atoms with Gasteiger partial charge >= 0.3 is 11.9 Å². The summed E-state index contributed by atoms with van der Waals surface area (Å²) in [6.45, 7) is 14.3. The molecule has 2 aromatic carbocycles. The summed E-state index contributed by atoms with van der Waals surface area (Å²) in [5.41, 5.74) is 2.65. The van der Waals surface area contributed by atoms with Gasteiger partial charge in [-0.1, -0.05) is 27.7 Å². The van der Waals surface area contributed by atoms with E-state index in [0.717, 1.165) is 36.8 Å². The van der Waals surface area contributed by atoms with Gasteiger partial charge in [-0.3, -0.25) is 19.2 Å². The number of carbonyl (C=O) groups excluding carboxylic acids is 5. The van der Waals surface area contributed by atoms with Crippen LogP contribution in [0.1, 0.15) is 119 Å². The molecule has 0 aromatic heterocycles. The van der Waals surface area contributed by atoms with E-state index in [1.54, 1.807) is 47.9 Å². The largest absolute Gasteiger partial charge is 0.478 e. The third kappa shape index (κ3) is 10.5. The van der Waals surface area contributed by atoms with Crippen LogP contribution in [0, 0.1) is 13.8 Å². The number of benzene rings is 2. The Balaban J connectivity index is 0.000000330. The number of carboxylic acid groups (broad SMARTS) is 1. The van der Waals surface area contributed by atoms with Gasteiger partial charge in [0, 0.05) is 50.1 Å². The lowest BCUT2D eigenvalue weighted by Gasteiger charge is -2.22. The fourth-order valence-corrected chi connectivity index (χ4v) is 4.92. The number of carboxylic acids is 1. The summed E-state index contributed by atoms with van der Waals surface area (Å²) >= 11 is 0. The van der Waals surface area contributed by atoms with Gasteiger partial charge in [-0.25, -0.2) is 9.59 Å². The highest BCUT2D eigenvalue weighted by atomic mass is 16.7. The number of imide groups is 1. The summed E-state index contributed by atoms with van der Waals surface area (Å²) in [7, 11) is 0. The highest BCUT2D eigenvalue weighted by Crippen LogP contribution is 2.18. The highest BCUT2D eigenvalue weighted by Gasteiger charge is 2.33. The summed E-state index contributed by atoms with van der Waals surface area (Å²) in [6.07, 6.45) is 3.53. The second kappa shape index (κ2) is 17.7. The monoisotopic (exact) mass is 623 g/mol. The molecular weight excluding hydrogens is 578 g/mol. The Hall–Kier alpha value is -4.54. The van der Waals surface area contributed by atoms with E-state index in [-0.39, 0.29) is 35.8 Å². The van der Waals surface area contributed by atoms with Crippen molar-refractivity contribution in [1.29, 1.82) is 0 Å². The van der Waals surface area contributed by atoms with E-state index < -0.39 is 23.8 Å². The number of aromatic carboxylic acids is 1. The van der Waals surface area contributed by atoms with Crippen LogP contribution in [0.15, 0.2) is 36.4 Å². The first-order valence-electron chi connectivity index (χ1n) is 15.5. The average molecular weight is 624 g/mol. The molecule has 3 rings (SSSR count). The molecule has 1 aliphatic heterocycles. The lowest BCUT2D eigenvalue weighted by molar-refractivity contribution is -0.172. The Morgan fingerprint density at radius 2 is 1.00 bits per heavy atom. The molecule has 1 heterocycles. The van der Waals surface area contributed by atoms with E-state index >= 15 is 0 Å². The van der Waals surface area contributed by atoms with E-state index in [0.29, 0.717) is 42.4 Å². The van der Waals surface area contributed by atoms with Crippen molar-refractivity contribution in [2.24, 2.45) is 0 Å². The van der Waals surface area contributed by atoms with Crippen LogP contribution in [-0.2, 0) is 14.4 Å². The van der Waals surface area contributed by atoms with Gasteiger partial charge in [-0.15, -0.1) is 5.06 Å². The Bertz CT molecular complexity index is 1380. The summed E-state index contributed by atoms with van der Waals surface area (Å²) in [4.78, 5) is 80.2. The molecule has 0 radical (unpaired) electrons. The van der Waals surface area contributed by atoms with Crippen LogP contribution in [0.3, 0.4) is 0 Å². The second-order valence-corrected chi connectivity index (χ2v) is 11.0. The molecule has 244 valence electrons. The Labute approximate surface area is 265 Å². The summed E-state index contributed by atoms with van der Waals surface area (Å²) in [5.74, 6) is -3.15. The molecule has 45 heavy (non-hydrogen) atoms. The zero-order valence-electron chi connectivity index (χ0n) is 27.2. The number of amides is 4.